The van der Waals surface area contributed by atoms with Gasteiger partial charge in [-0.15, -0.1) is 0 Å². The minimum absolute atomic E-state index is 0.155. The van der Waals surface area contributed by atoms with Gasteiger partial charge in [0.15, 0.2) is 5.78 Å². The molecule has 0 spiro atoms. The molecule has 0 aliphatic rings. The number of ketones is 1. The molecule has 1 heterocycles. The van der Waals surface area contributed by atoms with Crippen molar-refractivity contribution >= 4 is 17.4 Å². The Morgan fingerprint density at radius 1 is 1.75 bits per heavy atom. The minimum atomic E-state index is -0.829. The highest BCUT2D eigenvalue weighted by Crippen LogP contribution is 2.12. The molecule has 0 aromatic carbocycles. The molecule has 2 nitrogen and oxygen atoms in total. The highest BCUT2D eigenvalue weighted by molar-refractivity contribution is 6.30. The molecule has 0 aliphatic heterocycles. The Balaban J connectivity index is 3.22. The zero-order valence-corrected chi connectivity index (χ0v) is 6.81. The van der Waals surface area contributed by atoms with Crippen LogP contribution in [0.4, 0.5) is 4.39 Å². The molecule has 0 bridgehead atoms. The van der Waals surface area contributed by atoms with E-state index in [2.05, 4.69) is 11.6 Å². The molecule has 1 aromatic heterocycles. The van der Waals surface area contributed by atoms with E-state index in [4.69, 9.17) is 11.6 Å². The summed E-state index contributed by atoms with van der Waals surface area (Å²) in [6.07, 6.45) is 2.15. The van der Waals surface area contributed by atoms with Gasteiger partial charge in [-0.3, -0.25) is 4.79 Å². The number of nitrogens with zero attached hydrogens (tertiary/aromatic N) is 1. The van der Waals surface area contributed by atoms with Crippen LogP contribution in [-0.2, 0) is 0 Å². The van der Waals surface area contributed by atoms with Crippen LogP contribution < -0.4 is 0 Å². The van der Waals surface area contributed by atoms with Crippen LogP contribution in [0.5, 0.6) is 0 Å². The third kappa shape index (κ3) is 1.68. The molecular formula is C8H5ClFNO. The van der Waals surface area contributed by atoms with Gasteiger partial charge in [0, 0.05) is 6.20 Å². The maximum atomic E-state index is 12.8. The van der Waals surface area contributed by atoms with Crippen LogP contribution in [0.15, 0.2) is 24.9 Å². The standard InChI is InChI=1S/C8H5ClFNO/c1-2-7(12)6-3-5(9)4-11-8(6)10/h2-4H,1H2. The Morgan fingerprint density at radius 2 is 2.42 bits per heavy atom. The lowest BCUT2D eigenvalue weighted by molar-refractivity contribution is 0.104. The lowest BCUT2D eigenvalue weighted by Crippen LogP contribution is -2.00. The van der Waals surface area contributed by atoms with Gasteiger partial charge in [-0.25, -0.2) is 4.98 Å². The van der Waals surface area contributed by atoms with Gasteiger partial charge in [0.1, 0.15) is 0 Å². The number of pyridine rings is 1. The first-order chi connectivity index (χ1) is 5.65. The quantitative estimate of drug-likeness (QED) is 0.402. The molecule has 4 heteroatoms. The van der Waals surface area contributed by atoms with Crippen molar-refractivity contribution in [3.8, 4) is 0 Å². The Labute approximate surface area is 73.7 Å². The lowest BCUT2D eigenvalue weighted by Gasteiger charge is -1.96. The molecule has 0 saturated carbocycles. The molecule has 62 valence electrons. The summed E-state index contributed by atoms with van der Waals surface area (Å²) in [5, 5.41) is 0.224. The Kier molecular flexibility index (Phi) is 2.55. The second-order valence-electron chi connectivity index (χ2n) is 2.06. The summed E-state index contributed by atoms with van der Waals surface area (Å²) >= 11 is 5.50. The number of hydrogen-bond donors (Lipinski definition) is 0. The van der Waals surface area contributed by atoms with Crippen LogP contribution in [0.1, 0.15) is 10.4 Å². The molecule has 0 radical (unpaired) electrons. The first kappa shape index (κ1) is 8.87. The van der Waals surface area contributed by atoms with Crippen molar-refractivity contribution in [1.29, 1.82) is 0 Å². The number of allylic oxidation sites excluding steroid dienone is 1. The molecule has 1 rings (SSSR count). The summed E-state index contributed by atoms with van der Waals surface area (Å²) in [7, 11) is 0. The van der Waals surface area contributed by atoms with Gasteiger partial charge >= 0.3 is 0 Å². The average molecular weight is 186 g/mol. The number of halogens is 2. The molecule has 1 aromatic rings. The number of carbonyl (C=O) groups is 1. The Bertz CT molecular complexity index is 338. The molecule has 0 N–H and O–H groups in total. The molecule has 0 fully saturated rings. The summed E-state index contributed by atoms with van der Waals surface area (Å²) in [4.78, 5) is 14.2. The summed E-state index contributed by atoms with van der Waals surface area (Å²) in [6.45, 7) is 3.22. The third-order valence-electron chi connectivity index (χ3n) is 1.26. The van der Waals surface area contributed by atoms with E-state index in [0.29, 0.717) is 0 Å². The van der Waals surface area contributed by atoms with E-state index in [1.807, 2.05) is 0 Å². The highest BCUT2D eigenvalue weighted by Gasteiger charge is 2.09. The van der Waals surface area contributed by atoms with E-state index in [1.165, 1.54) is 6.07 Å². The molecule has 0 atom stereocenters. The van der Waals surface area contributed by atoms with E-state index in [1.54, 1.807) is 0 Å². The second kappa shape index (κ2) is 3.45. The Hall–Kier alpha value is -1.22. The van der Waals surface area contributed by atoms with Crippen molar-refractivity contribution in [3.63, 3.8) is 0 Å². The minimum Gasteiger partial charge on any atom is -0.289 e. The van der Waals surface area contributed by atoms with Gasteiger partial charge in [-0.1, -0.05) is 18.2 Å². The van der Waals surface area contributed by atoms with Gasteiger partial charge in [0.05, 0.1) is 10.6 Å². The SMILES string of the molecule is C=CC(=O)c1cc(Cl)cnc1F. The third-order valence-corrected chi connectivity index (χ3v) is 1.46. The van der Waals surface area contributed by atoms with Crippen molar-refractivity contribution in [2.75, 3.05) is 0 Å². The normalized spacial score (nSPS) is 9.50. The molecular weight excluding hydrogens is 181 g/mol. The van der Waals surface area contributed by atoms with Gasteiger partial charge in [-0.05, 0) is 12.1 Å². The zero-order valence-electron chi connectivity index (χ0n) is 6.05. The lowest BCUT2D eigenvalue weighted by atomic mass is 10.2. The number of rotatable bonds is 2. The molecule has 0 amide bonds. The topological polar surface area (TPSA) is 30.0 Å². The van der Waals surface area contributed by atoms with Gasteiger partial charge in [0.25, 0.3) is 0 Å². The fraction of sp³-hybridized carbons (Fsp3) is 0. The van der Waals surface area contributed by atoms with Crippen LogP contribution in [0.25, 0.3) is 0 Å². The van der Waals surface area contributed by atoms with Crippen LogP contribution in [0.3, 0.4) is 0 Å². The van der Waals surface area contributed by atoms with Crippen LogP contribution in [0, 0.1) is 5.95 Å². The smallest absolute Gasteiger partial charge is 0.224 e. The number of aromatic nitrogens is 1. The predicted molar refractivity (Wildman–Crippen MR) is 43.7 cm³/mol. The van der Waals surface area contributed by atoms with Gasteiger partial charge in [0.2, 0.25) is 5.95 Å². The first-order valence-electron chi connectivity index (χ1n) is 3.13. The summed E-state index contributed by atoms with van der Waals surface area (Å²) in [5.74, 6) is -1.35. The van der Waals surface area contributed by atoms with Gasteiger partial charge in [-0.2, -0.15) is 4.39 Å². The highest BCUT2D eigenvalue weighted by atomic mass is 35.5. The number of carbonyl (C=O) groups excluding carboxylic acids is 1. The summed E-state index contributed by atoms with van der Waals surface area (Å²) < 4.78 is 12.8. The van der Waals surface area contributed by atoms with Crippen LogP contribution >= 0.6 is 11.6 Å². The molecule has 0 aliphatic carbocycles. The second-order valence-corrected chi connectivity index (χ2v) is 2.50. The largest absolute Gasteiger partial charge is 0.289 e. The monoisotopic (exact) mass is 185 g/mol. The van der Waals surface area contributed by atoms with E-state index >= 15 is 0 Å². The fourth-order valence-electron chi connectivity index (χ4n) is 0.705. The fourth-order valence-corrected chi connectivity index (χ4v) is 0.863. The van der Waals surface area contributed by atoms with Crippen molar-refractivity contribution in [3.05, 3.63) is 41.5 Å². The Morgan fingerprint density at radius 3 is 3.00 bits per heavy atom. The van der Waals surface area contributed by atoms with Crippen molar-refractivity contribution < 1.29 is 9.18 Å². The zero-order chi connectivity index (χ0) is 9.14. The molecule has 0 unspecified atom stereocenters. The summed E-state index contributed by atoms with van der Waals surface area (Å²) in [5.41, 5.74) is -0.155. The van der Waals surface area contributed by atoms with Crippen LogP contribution in [0.2, 0.25) is 5.02 Å². The van der Waals surface area contributed by atoms with E-state index in [0.717, 1.165) is 12.3 Å². The van der Waals surface area contributed by atoms with Crippen LogP contribution in [-0.4, -0.2) is 10.8 Å². The van der Waals surface area contributed by atoms with Crippen molar-refractivity contribution in [2.45, 2.75) is 0 Å². The average Bonchev–Trinajstić information content (AvgIpc) is 2.08. The number of hydrogen-bond acceptors (Lipinski definition) is 2. The van der Waals surface area contributed by atoms with E-state index < -0.39 is 11.7 Å². The predicted octanol–water partition coefficient (Wildman–Crippen LogP) is 2.24. The molecule has 0 saturated heterocycles. The first-order valence-corrected chi connectivity index (χ1v) is 3.50. The van der Waals surface area contributed by atoms with E-state index in [9.17, 15) is 9.18 Å². The summed E-state index contributed by atoms with van der Waals surface area (Å²) in [6, 6.07) is 1.22. The van der Waals surface area contributed by atoms with Crippen molar-refractivity contribution in [2.24, 2.45) is 0 Å². The van der Waals surface area contributed by atoms with E-state index in [-0.39, 0.29) is 10.6 Å². The maximum Gasteiger partial charge on any atom is 0.224 e. The molecule has 12 heavy (non-hydrogen) atoms. The maximum absolute atomic E-state index is 12.8. The van der Waals surface area contributed by atoms with Gasteiger partial charge < -0.3 is 0 Å². The van der Waals surface area contributed by atoms with Crippen molar-refractivity contribution in [1.82, 2.24) is 4.98 Å².